The smallest absolute Gasteiger partial charge is 0.289 e. The van der Waals surface area contributed by atoms with Gasteiger partial charge in [0.2, 0.25) is 0 Å². The number of amides is 1. The first-order chi connectivity index (χ1) is 4.18. The molecule has 3 heteroatoms. The highest BCUT2D eigenvalue weighted by atomic mass is 79.9. The number of halogens is 1. The third-order valence-corrected chi connectivity index (χ3v) is 1.75. The molecule has 0 atom stereocenters. The van der Waals surface area contributed by atoms with E-state index < -0.39 is 0 Å². The number of nitrogens with zero attached hydrogens (tertiary/aromatic N) is 1. The van der Waals surface area contributed by atoms with Crippen molar-refractivity contribution >= 4 is 20.7 Å². The number of unbranched alkanes of at least 4 members (excludes halogenated alkanes) is 1. The summed E-state index contributed by atoms with van der Waals surface area (Å²) in [6.07, 6.45) is 2.21. The van der Waals surface area contributed by atoms with E-state index in [-0.39, 0.29) is 4.82 Å². The fourth-order valence-corrected chi connectivity index (χ4v) is 0.661. The molecule has 9 heavy (non-hydrogen) atoms. The summed E-state index contributed by atoms with van der Waals surface area (Å²) < 4.78 is 0. The summed E-state index contributed by atoms with van der Waals surface area (Å²) in [6, 6.07) is 0. The fourth-order valence-electron chi connectivity index (χ4n) is 0.483. The maximum atomic E-state index is 10.5. The van der Waals surface area contributed by atoms with Crippen molar-refractivity contribution < 1.29 is 4.79 Å². The third-order valence-electron chi connectivity index (χ3n) is 1.15. The molecular weight excluding hydrogens is 182 g/mol. The first kappa shape index (κ1) is 8.95. The summed E-state index contributed by atoms with van der Waals surface area (Å²) in [5, 5.41) is 0. The van der Waals surface area contributed by atoms with Crippen molar-refractivity contribution in [2.75, 3.05) is 13.6 Å². The number of hydrogen-bond donors (Lipinski definition) is 0. The molecule has 0 aromatic heterocycles. The highest BCUT2D eigenvalue weighted by Gasteiger charge is 2.00. The Balaban J connectivity index is 3.27. The average Bonchev–Trinajstić information content (AvgIpc) is 1.82. The molecule has 0 aliphatic carbocycles. The van der Waals surface area contributed by atoms with Crippen molar-refractivity contribution in [1.29, 1.82) is 0 Å². The number of hydrogen-bond acceptors (Lipinski definition) is 1. The van der Waals surface area contributed by atoms with Crippen LogP contribution in [0.1, 0.15) is 19.8 Å². The van der Waals surface area contributed by atoms with Crippen LogP contribution in [0.5, 0.6) is 0 Å². The molecule has 0 aliphatic heterocycles. The van der Waals surface area contributed by atoms with Crippen LogP contribution in [0.4, 0.5) is 4.79 Å². The molecule has 0 aliphatic rings. The zero-order valence-electron chi connectivity index (χ0n) is 5.85. The molecule has 0 spiro atoms. The Hall–Kier alpha value is -0.0500. The molecule has 0 N–H and O–H groups in total. The van der Waals surface area contributed by atoms with Crippen LogP contribution in [0.2, 0.25) is 0 Å². The maximum absolute atomic E-state index is 10.5. The normalized spacial score (nSPS) is 9.22. The molecule has 1 amide bonds. The molecule has 0 fully saturated rings. The Morgan fingerprint density at radius 3 is 2.56 bits per heavy atom. The van der Waals surface area contributed by atoms with Crippen LogP contribution in [0, 0.1) is 0 Å². The van der Waals surface area contributed by atoms with Crippen LogP contribution in [-0.2, 0) is 0 Å². The van der Waals surface area contributed by atoms with Gasteiger partial charge in [-0.1, -0.05) is 13.3 Å². The van der Waals surface area contributed by atoms with E-state index in [1.165, 1.54) is 0 Å². The minimum atomic E-state index is -0.0315. The van der Waals surface area contributed by atoms with Crippen LogP contribution >= 0.6 is 15.9 Å². The molecule has 0 unspecified atom stereocenters. The van der Waals surface area contributed by atoms with E-state index in [4.69, 9.17) is 0 Å². The lowest BCUT2D eigenvalue weighted by molar-refractivity contribution is 0.234. The zero-order valence-corrected chi connectivity index (χ0v) is 7.44. The van der Waals surface area contributed by atoms with Gasteiger partial charge < -0.3 is 4.90 Å². The van der Waals surface area contributed by atoms with E-state index in [1.807, 2.05) is 0 Å². The first-order valence-electron chi connectivity index (χ1n) is 3.09. The fraction of sp³-hybridized carbons (Fsp3) is 0.833. The van der Waals surface area contributed by atoms with E-state index in [2.05, 4.69) is 22.9 Å². The van der Waals surface area contributed by atoms with Gasteiger partial charge in [0, 0.05) is 29.5 Å². The van der Waals surface area contributed by atoms with E-state index >= 15 is 0 Å². The standard InChI is InChI=1S/C6H12BrNO/c1-3-4-5-8(2)6(7)9/h3-5H2,1-2H3. The van der Waals surface area contributed by atoms with Gasteiger partial charge in [0.05, 0.1) is 0 Å². The molecule has 0 radical (unpaired) electrons. The predicted molar refractivity (Wildman–Crippen MR) is 41.9 cm³/mol. The molecule has 0 rings (SSSR count). The molecule has 0 heterocycles. The molecule has 0 aromatic rings. The van der Waals surface area contributed by atoms with E-state index in [1.54, 1.807) is 11.9 Å². The summed E-state index contributed by atoms with van der Waals surface area (Å²) in [5.74, 6) is 0. The highest BCUT2D eigenvalue weighted by Crippen LogP contribution is 1.97. The van der Waals surface area contributed by atoms with Crippen molar-refractivity contribution in [3.63, 3.8) is 0 Å². The van der Waals surface area contributed by atoms with Crippen LogP contribution in [-0.4, -0.2) is 23.3 Å². The van der Waals surface area contributed by atoms with Crippen LogP contribution < -0.4 is 0 Å². The number of carbonyl (C=O) groups is 1. The second-order valence-electron chi connectivity index (χ2n) is 2.03. The molecule has 0 saturated heterocycles. The van der Waals surface area contributed by atoms with E-state index in [0.29, 0.717) is 0 Å². The monoisotopic (exact) mass is 193 g/mol. The van der Waals surface area contributed by atoms with Crippen LogP contribution in [0.3, 0.4) is 0 Å². The minimum Gasteiger partial charge on any atom is -0.336 e. The van der Waals surface area contributed by atoms with Gasteiger partial charge in [0.25, 0.3) is 4.82 Å². The highest BCUT2D eigenvalue weighted by molar-refractivity contribution is 9.18. The minimum absolute atomic E-state index is 0.0315. The summed E-state index contributed by atoms with van der Waals surface area (Å²) in [4.78, 5) is 12.1. The number of rotatable bonds is 3. The largest absolute Gasteiger partial charge is 0.336 e. The van der Waals surface area contributed by atoms with Gasteiger partial charge in [0.15, 0.2) is 0 Å². The number of carbonyl (C=O) groups excluding carboxylic acids is 1. The van der Waals surface area contributed by atoms with Crippen LogP contribution in [0.15, 0.2) is 0 Å². The quantitative estimate of drug-likeness (QED) is 0.498. The van der Waals surface area contributed by atoms with E-state index in [9.17, 15) is 4.79 Å². The third kappa shape index (κ3) is 4.45. The van der Waals surface area contributed by atoms with Crippen molar-refractivity contribution in [3.8, 4) is 0 Å². The molecule has 0 bridgehead atoms. The van der Waals surface area contributed by atoms with Gasteiger partial charge in [-0.2, -0.15) is 0 Å². The lowest BCUT2D eigenvalue weighted by atomic mass is 10.3. The summed E-state index contributed by atoms with van der Waals surface area (Å²) in [5.41, 5.74) is 0. The van der Waals surface area contributed by atoms with Gasteiger partial charge in [-0.05, 0) is 6.42 Å². The van der Waals surface area contributed by atoms with E-state index in [0.717, 1.165) is 19.4 Å². The summed E-state index contributed by atoms with van der Waals surface area (Å²) in [7, 11) is 1.78. The second-order valence-corrected chi connectivity index (χ2v) is 2.71. The molecule has 0 saturated carbocycles. The van der Waals surface area contributed by atoms with Gasteiger partial charge in [0.1, 0.15) is 0 Å². The summed E-state index contributed by atoms with van der Waals surface area (Å²) >= 11 is 2.86. The van der Waals surface area contributed by atoms with Gasteiger partial charge in [-0.25, -0.2) is 0 Å². The molecule has 0 aromatic carbocycles. The lowest BCUT2D eigenvalue weighted by Crippen LogP contribution is -2.21. The topological polar surface area (TPSA) is 20.3 Å². The second kappa shape index (κ2) is 4.79. The Bertz CT molecular complexity index is 95.1. The van der Waals surface area contributed by atoms with Crippen molar-refractivity contribution in [2.45, 2.75) is 19.8 Å². The van der Waals surface area contributed by atoms with Gasteiger partial charge in [-0.15, -0.1) is 0 Å². The van der Waals surface area contributed by atoms with Gasteiger partial charge >= 0.3 is 0 Å². The van der Waals surface area contributed by atoms with Crippen molar-refractivity contribution in [2.24, 2.45) is 0 Å². The SMILES string of the molecule is CCCCN(C)C(=O)Br. The lowest BCUT2D eigenvalue weighted by Gasteiger charge is -2.11. The van der Waals surface area contributed by atoms with Crippen molar-refractivity contribution in [1.82, 2.24) is 4.90 Å². The van der Waals surface area contributed by atoms with Crippen LogP contribution in [0.25, 0.3) is 0 Å². The molecule has 2 nitrogen and oxygen atoms in total. The van der Waals surface area contributed by atoms with Crippen molar-refractivity contribution in [3.05, 3.63) is 0 Å². The Kier molecular flexibility index (Phi) is 4.77. The Morgan fingerprint density at radius 1 is 1.67 bits per heavy atom. The predicted octanol–water partition coefficient (Wildman–Crippen LogP) is 2.23. The van der Waals surface area contributed by atoms with Gasteiger partial charge in [-0.3, -0.25) is 4.79 Å². The zero-order chi connectivity index (χ0) is 7.28. The summed E-state index contributed by atoms with van der Waals surface area (Å²) in [6.45, 7) is 2.95. The maximum Gasteiger partial charge on any atom is 0.289 e. The molecule has 54 valence electrons. The molecular formula is C6H12BrNO. The average molecular weight is 194 g/mol. The Morgan fingerprint density at radius 2 is 2.22 bits per heavy atom. The first-order valence-corrected chi connectivity index (χ1v) is 3.88. The Labute approximate surface area is 64.4 Å².